The first kappa shape index (κ1) is 24.7. The van der Waals surface area contributed by atoms with Crippen molar-refractivity contribution in [3.05, 3.63) is 60.5 Å². The van der Waals surface area contributed by atoms with E-state index in [0.717, 1.165) is 5.69 Å². The quantitative estimate of drug-likeness (QED) is 0.540. The average molecular weight is 440 g/mol. The van der Waals surface area contributed by atoms with Crippen LogP contribution in [0.25, 0.3) is 0 Å². The molecule has 1 saturated heterocycles. The van der Waals surface area contributed by atoms with Gasteiger partial charge in [-0.25, -0.2) is 9.98 Å². The van der Waals surface area contributed by atoms with Crippen molar-refractivity contribution < 1.29 is 13.9 Å². The van der Waals surface area contributed by atoms with E-state index in [0.29, 0.717) is 37.1 Å². The van der Waals surface area contributed by atoms with Crippen LogP contribution in [0.4, 0.5) is 5.69 Å². The summed E-state index contributed by atoms with van der Waals surface area (Å²) < 4.78 is 10.4. The number of furan rings is 1. The molecule has 2 aromatic rings. The molecule has 3 rings (SSSR count). The summed E-state index contributed by atoms with van der Waals surface area (Å²) in [6, 6.07) is 12.7. The lowest BCUT2D eigenvalue weighted by Crippen LogP contribution is -2.60. The highest BCUT2D eigenvalue weighted by Gasteiger charge is 2.37. The lowest BCUT2D eigenvalue weighted by molar-refractivity contribution is 0.0343. The number of aliphatic imine (C=N–C) groups is 2. The minimum absolute atomic E-state index is 0.173. The molecule has 1 amide bonds. The average Bonchev–Trinajstić information content (AvgIpc) is 3.29. The van der Waals surface area contributed by atoms with Gasteiger partial charge in [0.15, 0.2) is 5.76 Å². The van der Waals surface area contributed by atoms with Crippen LogP contribution in [0.2, 0.25) is 0 Å². The standard InChI is InChI=1S/C22H27N5O3.C2H6/c1-16(20(23)25-15-24-17-8-6-5-7-9-17)27-13-12-26(14-22(27,2)3)21(28)18-10-11-19(29-4)30-18;1-2/h5-11,15H,1,12-14H2,2-4H3,(H2,23,24,25);1-2H3. The monoisotopic (exact) mass is 439 g/mol. The van der Waals surface area contributed by atoms with E-state index in [-0.39, 0.29) is 11.7 Å². The predicted molar refractivity (Wildman–Crippen MR) is 129 cm³/mol. The van der Waals surface area contributed by atoms with Crippen LogP contribution in [0, 0.1) is 0 Å². The second kappa shape index (κ2) is 11.2. The van der Waals surface area contributed by atoms with E-state index in [1.54, 1.807) is 17.0 Å². The third kappa shape index (κ3) is 6.00. The number of carbonyl (C=O) groups excluding carboxylic acids is 1. The second-order valence-corrected chi connectivity index (χ2v) is 7.55. The summed E-state index contributed by atoms with van der Waals surface area (Å²) in [6.45, 7) is 13.7. The minimum Gasteiger partial charge on any atom is -0.468 e. The van der Waals surface area contributed by atoms with Crippen molar-refractivity contribution in [1.82, 2.24) is 9.80 Å². The van der Waals surface area contributed by atoms with Crippen LogP contribution < -0.4 is 10.5 Å². The number of hydrogen-bond donors (Lipinski definition) is 1. The number of ether oxygens (including phenoxy) is 1. The van der Waals surface area contributed by atoms with Gasteiger partial charge < -0.3 is 24.7 Å². The first-order valence-electron chi connectivity index (χ1n) is 10.6. The van der Waals surface area contributed by atoms with E-state index >= 15 is 0 Å². The number of amidine groups is 1. The third-order valence-corrected chi connectivity index (χ3v) is 4.96. The highest BCUT2D eigenvalue weighted by atomic mass is 16.6. The zero-order valence-electron chi connectivity index (χ0n) is 19.5. The molecule has 172 valence electrons. The van der Waals surface area contributed by atoms with Gasteiger partial charge in [0.25, 0.3) is 11.9 Å². The number of amides is 1. The number of nitrogens with zero attached hydrogens (tertiary/aromatic N) is 4. The molecule has 0 saturated carbocycles. The van der Waals surface area contributed by atoms with Gasteiger partial charge in [-0.3, -0.25) is 4.79 Å². The summed E-state index contributed by atoms with van der Waals surface area (Å²) in [6.07, 6.45) is 1.42. The number of hydrogen-bond acceptors (Lipinski definition) is 5. The van der Waals surface area contributed by atoms with Crippen LogP contribution in [-0.2, 0) is 0 Å². The smallest absolute Gasteiger partial charge is 0.289 e. The molecular weight excluding hydrogens is 406 g/mol. The molecule has 32 heavy (non-hydrogen) atoms. The van der Waals surface area contributed by atoms with Gasteiger partial charge in [-0.2, -0.15) is 0 Å². The lowest BCUT2D eigenvalue weighted by Gasteiger charge is -2.48. The molecule has 0 radical (unpaired) electrons. The summed E-state index contributed by atoms with van der Waals surface area (Å²) in [5.41, 5.74) is 7.15. The third-order valence-electron chi connectivity index (χ3n) is 4.96. The summed E-state index contributed by atoms with van der Waals surface area (Å²) in [5.74, 6) is 0.686. The molecule has 8 heteroatoms. The van der Waals surface area contributed by atoms with Gasteiger partial charge in [0.1, 0.15) is 12.2 Å². The van der Waals surface area contributed by atoms with E-state index in [1.807, 2.05) is 58.0 Å². The fourth-order valence-corrected chi connectivity index (χ4v) is 3.41. The Bertz CT molecular complexity index is 963. The Balaban J connectivity index is 0.00000176. The number of methoxy groups -OCH3 is 1. The number of carbonyl (C=O) groups is 1. The van der Waals surface area contributed by atoms with Crippen molar-refractivity contribution in [2.75, 3.05) is 26.7 Å². The normalized spacial score (nSPS) is 15.8. The lowest BCUT2D eigenvalue weighted by atomic mass is 9.97. The summed E-state index contributed by atoms with van der Waals surface area (Å²) >= 11 is 0. The van der Waals surface area contributed by atoms with Crippen LogP contribution in [0.3, 0.4) is 0 Å². The molecule has 1 aliphatic rings. The van der Waals surface area contributed by atoms with E-state index in [4.69, 9.17) is 14.9 Å². The number of para-hydroxylation sites is 1. The SMILES string of the molecule is C=C(C(N)=NC=Nc1ccccc1)N1CCN(C(=O)c2ccc(OC)o2)CC1(C)C.CC. The van der Waals surface area contributed by atoms with Crippen LogP contribution in [-0.4, -0.2) is 60.2 Å². The Kier molecular flexibility index (Phi) is 8.63. The molecule has 0 aliphatic carbocycles. The van der Waals surface area contributed by atoms with Crippen molar-refractivity contribution in [3.63, 3.8) is 0 Å². The molecule has 2 heterocycles. The number of nitrogens with two attached hydrogens (primary N) is 1. The second-order valence-electron chi connectivity index (χ2n) is 7.55. The fraction of sp³-hybridized carbons (Fsp3) is 0.375. The van der Waals surface area contributed by atoms with Gasteiger partial charge in [0.05, 0.1) is 24.0 Å². The number of benzene rings is 1. The molecule has 0 atom stereocenters. The van der Waals surface area contributed by atoms with Crippen LogP contribution in [0.5, 0.6) is 5.95 Å². The van der Waals surface area contributed by atoms with Gasteiger partial charge >= 0.3 is 0 Å². The Morgan fingerprint density at radius 2 is 1.88 bits per heavy atom. The van der Waals surface area contributed by atoms with Gasteiger partial charge in [-0.1, -0.05) is 38.6 Å². The zero-order chi connectivity index (χ0) is 23.7. The van der Waals surface area contributed by atoms with Gasteiger partial charge in [0, 0.05) is 25.7 Å². The molecular formula is C24H33N5O3. The van der Waals surface area contributed by atoms with Gasteiger partial charge in [-0.05, 0) is 32.0 Å². The Morgan fingerprint density at radius 1 is 1.19 bits per heavy atom. The van der Waals surface area contributed by atoms with Crippen LogP contribution in [0.1, 0.15) is 38.2 Å². The van der Waals surface area contributed by atoms with E-state index < -0.39 is 5.54 Å². The van der Waals surface area contributed by atoms with Crippen molar-refractivity contribution >= 4 is 23.8 Å². The topological polar surface area (TPSA) is 96.7 Å². The molecule has 0 unspecified atom stereocenters. The molecule has 0 spiro atoms. The maximum absolute atomic E-state index is 12.8. The number of rotatable bonds is 6. The van der Waals surface area contributed by atoms with Crippen LogP contribution in [0.15, 0.2) is 69.1 Å². The minimum atomic E-state index is -0.390. The molecule has 8 nitrogen and oxygen atoms in total. The van der Waals surface area contributed by atoms with Crippen LogP contribution >= 0.6 is 0 Å². The predicted octanol–water partition coefficient (Wildman–Crippen LogP) is 4.08. The number of piperazine rings is 1. The Morgan fingerprint density at radius 3 is 2.47 bits per heavy atom. The fourth-order valence-electron chi connectivity index (χ4n) is 3.41. The highest BCUT2D eigenvalue weighted by Crippen LogP contribution is 2.27. The Labute approximate surface area is 190 Å². The summed E-state index contributed by atoms with van der Waals surface area (Å²) in [7, 11) is 1.50. The van der Waals surface area contributed by atoms with Gasteiger partial charge in [-0.15, -0.1) is 0 Å². The largest absolute Gasteiger partial charge is 0.468 e. The maximum Gasteiger partial charge on any atom is 0.289 e. The Hall–Kier alpha value is -3.55. The summed E-state index contributed by atoms with van der Waals surface area (Å²) in [5, 5.41) is 0. The van der Waals surface area contributed by atoms with E-state index in [9.17, 15) is 4.79 Å². The van der Waals surface area contributed by atoms with E-state index in [2.05, 4.69) is 21.5 Å². The molecule has 0 bridgehead atoms. The van der Waals surface area contributed by atoms with Gasteiger partial charge in [0.2, 0.25) is 0 Å². The molecule has 2 N–H and O–H groups in total. The first-order chi connectivity index (χ1) is 15.3. The molecule has 1 aliphatic heterocycles. The molecule has 1 aromatic heterocycles. The highest BCUT2D eigenvalue weighted by molar-refractivity contribution is 6.00. The van der Waals surface area contributed by atoms with Crippen molar-refractivity contribution in [2.24, 2.45) is 15.7 Å². The molecule has 1 fully saturated rings. The summed E-state index contributed by atoms with van der Waals surface area (Å²) in [4.78, 5) is 25.1. The maximum atomic E-state index is 12.8. The van der Waals surface area contributed by atoms with Crippen molar-refractivity contribution in [3.8, 4) is 5.95 Å². The van der Waals surface area contributed by atoms with Crippen molar-refractivity contribution in [1.29, 1.82) is 0 Å². The first-order valence-corrected chi connectivity index (χ1v) is 10.6. The van der Waals surface area contributed by atoms with E-state index in [1.165, 1.54) is 13.4 Å². The molecule has 1 aromatic carbocycles. The van der Waals surface area contributed by atoms with Crippen molar-refractivity contribution in [2.45, 2.75) is 33.2 Å². The zero-order valence-corrected chi connectivity index (χ0v) is 19.5.